The molecule has 0 saturated heterocycles. The zero-order valence-corrected chi connectivity index (χ0v) is 14.6. The third-order valence-corrected chi connectivity index (χ3v) is 4.40. The first-order chi connectivity index (χ1) is 13.4. The number of rotatable bonds is 3. The van der Waals surface area contributed by atoms with E-state index in [-0.39, 0.29) is 5.75 Å². The Bertz CT molecular complexity index is 1100. The molecule has 0 saturated carbocycles. The van der Waals surface area contributed by atoms with Crippen LogP contribution in [0.5, 0.6) is 5.75 Å². The number of aromatic hydroxyl groups is 1. The predicted molar refractivity (Wildman–Crippen MR) is 101 cm³/mol. The molecule has 4 aromatic rings. The van der Waals surface area contributed by atoms with Gasteiger partial charge in [-0.15, -0.1) is 0 Å². The van der Waals surface area contributed by atoms with Gasteiger partial charge in [0.2, 0.25) is 0 Å². The fraction of sp³-hybridized carbons (Fsp3) is 0.0455. The number of halogens is 3. The number of benzene rings is 3. The second-order valence-corrected chi connectivity index (χ2v) is 6.25. The molecule has 3 nitrogen and oxygen atoms in total. The number of phenolic OH excluding ortho intramolecular Hbond substituents is 1. The van der Waals surface area contributed by atoms with Crippen LogP contribution in [0.1, 0.15) is 5.56 Å². The van der Waals surface area contributed by atoms with Crippen molar-refractivity contribution < 1.29 is 18.3 Å². The molecule has 0 aliphatic heterocycles. The molecule has 28 heavy (non-hydrogen) atoms. The highest BCUT2D eigenvalue weighted by Gasteiger charge is 2.30. The van der Waals surface area contributed by atoms with Crippen molar-refractivity contribution in [1.82, 2.24) is 9.78 Å². The van der Waals surface area contributed by atoms with Crippen LogP contribution in [-0.4, -0.2) is 14.9 Å². The van der Waals surface area contributed by atoms with Crippen LogP contribution in [0.25, 0.3) is 28.2 Å². The number of hydrogen-bond donors (Lipinski definition) is 1. The van der Waals surface area contributed by atoms with E-state index in [1.807, 2.05) is 30.3 Å². The van der Waals surface area contributed by atoms with Crippen LogP contribution >= 0.6 is 0 Å². The molecule has 0 aliphatic rings. The fourth-order valence-corrected chi connectivity index (χ4v) is 3.00. The van der Waals surface area contributed by atoms with Gasteiger partial charge in [0.1, 0.15) is 5.75 Å². The zero-order chi connectivity index (χ0) is 19.7. The first-order valence-electron chi connectivity index (χ1n) is 8.55. The predicted octanol–water partition coefficient (Wildman–Crippen LogP) is 5.93. The van der Waals surface area contributed by atoms with E-state index in [0.29, 0.717) is 22.5 Å². The van der Waals surface area contributed by atoms with E-state index in [0.717, 1.165) is 17.8 Å². The minimum Gasteiger partial charge on any atom is -0.507 e. The van der Waals surface area contributed by atoms with Gasteiger partial charge in [-0.25, -0.2) is 4.68 Å². The van der Waals surface area contributed by atoms with Crippen molar-refractivity contribution in [3.05, 3.63) is 90.5 Å². The number of alkyl halides is 3. The molecule has 0 atom stereocenters. The summed E-state index contributed by atoms with van der Waals surface area (Å²) in [5.74, 6) is 0.0826. The highest BCUT2D eigenvalue weighted by molar-refractivity contribution is 5.73. The van der Waals surface area contributed by atoms with Crippen LogP contribution in [-0.2, 0) is 6.18 Å². The summed E-state index contributed by atoms with van der Waals surface area (Å²) in [5, 5.41) is 14.8. The lowest BCUT2D eigenvalue weighted by molar-refractivity contribution is -0.137. The lowest BCUT2D eigenvalue weighted by atomic mass is 10.1. The molecule has 0 spiro atoms. The molecule has 0 radical (unpaired) electrons. The van der Waals surface area contributed by atoms with Crippen molar-refractivity contribution in [2.75, 3.05) is 0 Å². The topological polar surface area (TPSA) is 38.0 Å². The number of hydrogen-bond acceptors (Lipinski definition) is 2. The maximum absolute atomic E-state index is 12.9. The summed E-state index contributed by atoms with van der Waals surface area (Å²) in [6.07, 6.45) is -4.39. The van der Waals surface area contributed by atoms with Crippen LogP contribution < -0.4 is 0 Å². The number of para-hydroxylation sites is 2. The maximum Gasteiger partial charge on any atom is 0.416 e. The maximum atomic E-state index is 12.9. The standard InChI is InChI=1S/C22H15F3N2O/c23-22(24,25)16-12-10-15(11-13-16)20-14-19(18-8-4-5-9-21(18)28)26-27(20)17-6-2-1-3-7-17/h1-14,28H. The van der Waals surface area contributed by atoms with Gasteiger partial charge in [-0.1, -0.05) is 42.5 Å². The van der Waals surface area contributed by atoms with Crippen molar-refractivity contribution in [2.45, 2.75) is 6.18 Å². The second-order valence-electron chi connectivity index (χ2n) is 6.25. The largest absolute Gasteiger partial charge is 0.507 e. The SMILES string of the molecule is Oc1ccccc1-c1cc(-c2ccc(C(F)(F)F)cc2)n(-c2ccccc2)n1. The molecular weight excluding hydrogens is 365 g/mol. The summed E-state index contributed by atoms with van der Waals surface area (Å²) in [7, 11) is 0. The summed E-state index contributed by atoms with van der Waals surface area (Å²) in [6, 6.07) is 22.8. The molecule has 1 heterocycles. The van der Waals surface area contributed by atoms with E-state index in [2.05, 4.69) is 5.10 Å². The molecule has 6 heteroatoms. The molecule has 0 bridgehead atoms. The van der Waals surface area contributed by atoms with Gasteiger partial charge in [-0.3, -0.25) is 0 Å². The van der Waals surface area contributed by atoms with Crippen molar-refractivity contribution >= 4 is 0 Å². The van der Waals surface area contributed by atoms with Gasteiger partial charge in [0, 0.05) is 11.1 Å². The Kier molecular flexibility index (Phi) is 4.39. The Hall–Kier alpha value is -3.54. The summed E-state index contributed by atoms with van der Waals surface area (Å²) >= 11 is 0. The van der Waals surface area contributed by atoms with Gasteiger partial charge < -0.3 is 5.11 Å². The van der Waals surface area contributed by atoms with Crippen LogP contribution in [0.2, 0.25) is 0 Å². The van der Waals surface area contributed by atoms with E-state index >= 15 is 0 Å². The van der Waals surface area contributed by atoms with Gasteiger partial charge in [-0.2, -0.15) is 18.3 Å². The van der Waals surface area contributed by atoms with E-state index in [4.69, 9.17) is 0 Å². The normalized spacial score (nSPS) is 11.5. The van der Waals surface area contributed by atoms with E-state index in [1.165, 1.54) is 12.1 Å². The van der Waals surface area contributed by atoms with E-state index < -0.39 is 11.7 Å². The van der Waals surface area contributed by atoms with E-state index in [1.54, 1.807) is 35.0 Å². The van der Waals surface area contributed by atoms with Crippen molar-refractivity contribution in [2.24, 2.45) is 0 Å². The van der Waals surface area contributed by atoms with Gasteiger partial charge in [0.25, 0.3) is 0 Å². The Balaban J connectivity index is 1.87. The minimum atomic E-state index is -4.39. The first kappa shape index (κ1) is 17.9. The Labute approximate surface area is 159 Å². The third-order valence-electron chi connectivity index (χ3n) is 4.40. The number of phenols is 1. The highest BCUT2D eigenvalue weighted by Crippen LogP contribution is 2.35. The van der Waals surface area contributed by atoms with Crippen molar-refractivity contribution in [1.29, 1.82) is 0 Å². The monoisotopic (exact) mass is 380 g/mol. The van der Waals surface area contributed by atoms with Crippen LogP contribution in [0.4, 0.5) is 13.2 Å². The molecule has 1 aromatic heterocycles. The minimum absolute atomic E-state index is 0.0826. The van der Waals surface area contributed by atoms with Gasteiger partial charge >= 0.3 is 6.18 Å². The lowest BCUT2D eigenvalue weighted by Gasteiger charge is -2.09. The molecular formula is C22H15F3N2O. The summed E-state index contributed by atoms with van der Waals surface area (Å²) in [6.45, 7) is 0. The Morgan fingerprint density at radius 3 is 2.07 bits per heavy atom. The number of aromatic nitrogens is 2. The van der Waals surface area contributed by atoms with Gasteiger partial charge in [0.15, 0.2) is 0 Å². The molecule has 0 fully saturated rings. The Morgan fingerprint density at radius 1 is 0.786 bits per heavy atom. The smallest absolute Gasteiger partial charge is 0.416 e. The molecule has 3 aromatic carbocycles. The van der Waals surface area contributed by atoms with Gasteiger partial charge in [-0.05, 0) is 42.5 Å². The van der Waals surface area contributed by atoms with Gasteiger partial charge in [0.05, 0.1) is 22.6 Å². The third kappa shape index (κ3) is 3.36. The molecule has 0 amide bonds. The quantitative estimate of drug-likeness (QED) is 0.478. The van der Waals surface area contributed by atoms with Crippen molar-refractivity contribution in [3.8, 4) is 34.0 Å². The van der Waals surface area contributed by atoms with Crippen LogP contribution in [0.3, 0.4) is 0 Å². The molecule has 4 rings (SSSR count). The molecule has 0 aliphatic carbocycles. The van der Waals surface area contributed by atoms with Crippen LogP contribution in [0, 0.1) is 0 Å². The van der Waals surface area contributed by atoms with Crippen molar-refractivity contribution in [3.63, 3.8) is 0 Å². The summed E-state index contributed by atoms with van der Waals surface area (Å²) in [5.41, 5.74) is 2.34. The van der Waals surface area contributed by atoms with Crippen LogP contribution in [0.15, 0.2) is 84.9 Å². The molecule has 0 unspecified atom stereocenters. The van der Waals surface area contributed by atoms with E-state index in [9.17, 15) is 18.3 Å². The summed E-state index contributed by atoms with van der Waals surface area (Å²) < 4.78 is 40.3. The second kappa shape index (κ2) is 6.88. The Morgan fingerprint density at radius 2 is 1.43 bits per heavy atom. The summed E-state index contributed by atoms with van der Waals surface area (Å²) in [4.78, 5) is 0. The number of nitrogens with zero attached hydrogens (tertiary/aromatic N) is 2. The zero-order valence-electron chi connectivity index (χ0n) is 14.6. The average molecular weight is 380 g/mol. The molecule has 140 valence electrons. The molecule has 1 N–H and O–H groups in total. The average Bonchev–Trinajstić information content (AvgIpc) is 3.14. The first-order valence-corrected chi connectivity index (χ1v) is 8.55. The fourth-order valence-electron chi connectivity index (χ4n) is 3.00. The highest BCUT2D eigenvalue weighted by atomic mass is 19.4. The lowest BCUT2D eigenvalue weighted by Crippen LogP contribution is -2.04.